The van der Waals surface area contributed by atoms with Gasteiger partial charge < -0.3 is 14.7 Å². The molecule has 1 aliphatic rings. The van der Waals surface area contributed by atoms with Gasteiger partial charge in [0, 0.05) is 43.2 Å². The van der Waals surface area contributed by atoms with Gasteiger partial charge in [0.2, 0.25) is 0 Å². The minimum Gasteiger partial charge on any atom is -0.480 e. The van der Waals surface area contributed by atoms with E-state index in [1.807, 2.05) is 23.6 Å². The maximum atomic E-state index is 12.3. The number of hydrogen-bond donors (Lipinski definition) is 1. The van der Waals surface area contributed by atoms with Gasteiger partial charge in [0.15, 0.2) is 11.0 Å². The van der Waals surface area contributed by atoms with Crippen LogP contribution in [0, 0.1) is 0 Å². The van der Waals surface area contributed by atoms with Crippen molar-refractivity contribution in [2.24, 2.45) is 4.99 Å². The van der Waals surface area contributed by atoms with E-state index in [4.69, 9.17) is 4.74 Å². The molecule has 0 amide bonds. The van der Waals surface area contributed by atoms with E-state index in [1.54, 1.807) is 23.1 Å². The molecule has 0 radical (unpaired) electrons. The Morgan fingerprint density at radius 3 is 2.64 bits per heavy atom. The third kappa shape index (κ3) is 9.58. The molecule has 0 aliphatic carbocycles. The van der Waals surface area contributed by atoms with Crippen LogP contribution in [-0.2, 0) is 16.1 Å². The van der Waals surface area contributed by atoms with Crippen LogP contribution in [0.25, 0.3) is 0 Å². The molecule has 0 unspecified atom stereocenters. The van der Waals surface area contributed by atoms with Gasteiger partial charge in [-0.3, -0.25) is 19.5 Å². The zero-order chi connectivity index (χ0) is 23.3. The zero-order valence-corrected chi connectivity index (χ0v) is 21.1. The molecule has 2 aromatic heterocycles. The number of ketones is 1. The molecule has 33 heavy (non-hydrogen) atoms. The molecule has 2 aromatic rings. The first-order valence-electron chi connectivity index (χ1n) is 11.1. The Morgan fingerprint density at radius 1 is 1.15 bits per heavy atom. The summed E-state index contributed by atoms with van der Waals surface area (Å²) in [5.41, 5.74) is 0. The fourth-order valence-corrected chi connectivity index (χ4v) is 5.85. The minimum absolute atomic E-state index is 0.163. The second-order valence-electron chi connectivity index (χ2n) is 7.65. The van der Waals surface area contributed by atoms with Crippen molar-refractivity contribution in [2.75, 3.05) is 51.7 Å². The second kappa shape index (κ2) is 14.5. The second-order valence-corrected chi connectivity index (χ2v) is 10.7. The summed E-state index contributed by atoms with van der Waals surface area (Å²) < 4.78 is 5.43. The lowest BCUT2D eigenvalue weighted by molar-refractivity contribution is -0.135. The Balaban J connectivity index is 1.58. The molecule has 7 nitrogen and oxygen atoms in total. The van der Waals surface area contributed by atoms with Crippen LogP contribution in [0.1, 0.15) is 33.8 Å². The Labute approximate surface area is 207 Å². The van der Waals surface area contributed by atoms with Crippen LogP contribution in [0.5, 0.6) is 0 Å². The molecule has 1 N–H and O–H groups in total. The number of aliphatic imine (C=N–C) groups is 1. The highest BCUT2D eigenvalue weighted by Crippen LogP contribution is 2.20. The van der Waals surface area contributed by atoms with Crippen molar-refractivity contribution in [3.8, 4) is 0 Å². The first-order valence-corrected chi connectivity index (χ1v) is 13.9. The number of thiophene rings is 2. The van der Waals surface area contributed by atoms with Crippen LogP contribution in [0.15, 0.2) is 40.0 Å². The number of morpholine rings is 1. The van der Waals surface area contributed by atoms with Gasteiger partial charge in [0.05, 0.1) is 24.6 Å². The molecule has 3 heterocycles. The van der Waals surface area contributed by atoms with Crippen LogP contribution in [0.4, 0.5) is 0 Å². The van der Waals surface area contributed by atoms with E-state index in [9.17, 15) is 14.7 Å². The summed E-state index contributed by atoms with van der Waals surface area (Å²) in [7, 11) is 0. The largest absolute Gasteiger partial charge is 0.480 e. The van der Waals surface area contributed by atoms with Crippen molar-refractivity contribution < 1.29 is 19.4 Å². The predicted octanol–water partition coefficient (Wildman–Crippen LogP) is 4.17. The zero-order valence-electron chi connectivity index (χ0n) is 18.7. The SMILES string of the molecule is O=C(O)C/N=C(\SCCCC(=O)c1cccs1)N(CCCN1CCOCC1)Cc1cccs1. The van der Waals surface area contributed by atoms with E-state index in [2.05, 4.69) is 26.2 Å². The van der Waals surface area contributed by atoms with Crippen LogP contribution in [0.3, 0.4) is 0 Å². The van der Waals surface area contributed by atoms with Gasteiger partial charge in [-0.25, -0.2) is 0 Å². The Hall–Kier alpha value is -1.72. The number of hydrogen-bond acceptors (Lipinski definition) is 8. The summed E-state index contributed by atoms with van der Waals surface area (Å²) in [5.74, 6) is -0.0547. The van der Waals surface area contributed by atoms with E-state index < -0.39 is 5.97 Å². The number of thioether (sulfide) groups is 1. The van der Waals surface area contributed by atoms with Gasteiger partial charge in [-0.05, 0) is 35.7 Å². The van der Waals surface area contributed by atoms with E-state index in [-0.39, 0.29) is 12.3 Å². The molecule has 10 heteroatoms. The monoisotopic (exact) mass is 509 g/mol. The standard InChI is InChI=1S/C23H31N3O4S3/c27-20(21-7-3-15-32-21)6-2-16-33-23(24-17-22(28)29)26(18-19-5-1-14-31-19)9-4-8-25-10-12-30-13-11-25/h1,3,5,7,14-15H,2,4,6,8-13,16-18H2,(H,28,29)/b24-23-. The van der Waals surface area contributed by atoms with Crippen LogP contribution >= 0.6 is 34.4 Å². The molecular formula is C23H31N3O4S3. The number of ether oxygens (including phenoxy) is 1. The number of rotatable bonds is 13. The van der Waals surface area contributed by atoms with Gasteiger partial charge in [-0.2, -0.15) is 0 Å². The maximum absolute atomic E-state index is 12.3. The van der Waals surface area contributed by atoms with Gasteiger partial charge in [-0.1, -0.05) is 23.9 Å². The van der Waals surface area contributed by atoms with Gasteiger partial charge in [0.1, 0.15) is 6.54 Å². The fourth-order valence-electron chi connectivity index (χ4n) is 3.47. The molecular weight excluding hydrogens is 478 g/mol. The normalized spacial score (nSPS) is 15.0. The molecule has 1 saturated heterocycles. The number of carboxylic acids is 1. The fraction of sp³-hybridized carbons (Fsp3) is 0.522. The summed E-state index contributed by atoms with van der Waals surface area (Å²) in [6.07, 6.45) is 2.19. The van der Waals surface area contributed by atoms with Crippen molar-refractivity contribution in [3.63, 3.8) is 0 Å². The lowest BCUT2D eigenvalue weighted by Crippen LogP contribution is -2.38. The molecule has 0 aromatic carbocycles. The highest BCUT2D eigenvalue weighted by atomic mass is 32.2. The van der Waals surface area contributed by atoms with E-state index >= 15 is 0 Å². The van der Waals surface area contributed by atoms with E-state index in [0.29, 0.717) is 13.0 Å². The number of carboxylic acid groups (broad SMARTS) is 1. The average Bonchev–Trinajstić information content (AvgIpc) is 3.53. The Bertz CT molecular complexity index is 866. The quantitative estimate of drug-likeness (QED) is 0.188. The molecule has 180 valence electrons. The Kier molecular flexibility index (Phi) is 11.4. The summed E-state index contributed by atoms with van der Waals surface area (Å²) >= 11 is 4.72. The number of aliphatic carboxylic acids is 1. The molecule has 3 rings (SSSR count). The van der Waals surface area contributed by atoms with Crippen molar-refractivity contribution in [1.82, 2.24) is 9.80 Å². The first kappa shape index (κ1) is 25.9. The van der Waals surface area contributed by atoms with Gasteiger partial charge >= 0.3 is 5.97 Å². The van der Waals surface area contributed by atoms with Crippen molar-refractivity contribution >= 4 is 51.4 Å². The number of amidine groups is 1. The van der Waals surface area contributed by atoms with Crippen LogP contribution in [0.2, 0.25) is 0 Å². The summed E-state index contributed by atoms with van der Waals surface area (Å²) in [4.78, 5) is 34.5. The van der Waals surface area contributed by atoms with Crippen LogP contribution < -0.4 is 0 Å². The number of carbonyl (C=O) groups excluding carboxylic acids is 1. The number of carbonyl (C=O) groups is 2. The lowest BCUT2D eigenvalue weighted by atomic mass is 10.2. The molecule has 0 atom stereocenters. The maximum Gasteiger partial charge on any atom is 0.325 e. The Morgan fingerprint density at radius 2 is 1.94 bits per heavy atom. The highest BCUT2D eigenvalue weighted by molar-refractivity contribution is 8.13. The molecule has 0 spiro atoms. The average molecular weight is 510 g/mol. The molecule has 0 saturated carbocycles. The molecule has 1 aliphatic heterocycles. The lowest BCUT2D eigenvalue weighted by Gasteiger charge is -2.29. The summed E-state index contributed by atoms with van der Waals surface area (Å²) in [6, 6.07) is 7.88. The highest BCUT2D eigenvalue weighted by Gasteiger charge is 2.17. The summed E-state index contributed by atoms with van der Waals surface area (Å²) in [6.45, 7) is 5.72. The number of Topliss-reactive ketones (excluding diaryl/α,β-unsaturated/α-hetero) is 1. The van der Waals surface area contributed by atoms with Gasteiger partial charge in [-0.15, -0.1) is 22.7 Å². The van der Waals surface area contributed by atoms with Crippen molar-refractivity contribution in [1.29, 1.82) is 0 Å². The van der Waals surface area contributed by atoms with E-state index in [1.165, 1.54) is 16.2 Å². The number of nitrogens with zero attached hydrogens (tertiary/aromatic N) is 3. The van der Waals surface area contributed by atoms with Crippen molar-refractivity contribution in [2.45, 2.75) is 25.8 Å². The van der Waals surface area contributed by atoms with E-state index in [0.717, 1.165) is 68.0 Å². The van der Waals surface area contributed by atoms with Gasteiger partial charge in [0.25, 0.3) is 0 Å². The molecule has 1 fully saturated rings. The van der Waals surface area contributed by atoms with Crippen LogP contribution in [-0.4, -0.2) is 83.5 Å². The van der Waals surface area contributed by atoms with Crippen molar-refractivity contribution in [3.05, 3.63) is 44.8 Å². The smallest absolute Gasteiger partial charge is 0.325 e. The molecule has 0 bridgehead atoms. The predicted molar refractivity (Wildman–Crippen MR) is 137 cm³/mol. The topological polar surface area (TPSA) is 82.4 Å². The third-order valence-electron chi connectivity index (χ3n) is 5.13. The third-order valence-corrected chi connectivity index (χ3v) is 8.04. The first-order chi connectivity index (χ1) is 16.1. The minimum atomic E-state index is -0.939. The summed E-state index contributed by atoms with van der Waals surface area (Å²) in [5, 5.41) is 13.9.